The van der Waals surface area contributed by atoms with Crippen molar-refractivity contribution in [1.82, 2.24) is 4.57 Å². The van der Waals surface area contributed by atoms with Gasteiger partial charge in [-0.2, -0.15) is 0 Å². The Hall–Kier alpha value is -9.12. The second-order valence-electron chi connectivity index (χ2n) is 17.6. The van der Waals surface area contributed by atoms with Crippen molar-refractivity contribution in [2.24, 2.45) is 0 Å². The lowest BCUT2D eigenvalue weighted by Crippen LogP contribution is -2.10. The Morgan fingerprint density at radius 3 is 1.46 bits per heavy atom. The molecular weight excluding hydrogens is 829 g/mol. The number of furan rings is 2. The molecule has 0 saturated carbocycles. The molecule has 0 N–H and O–H groups in total. The van der Waals surface area contributed by atoms with E-state index in [2.05, 4.69) is 240 Å². The van der Waals surface area contributed by atoms with Crippen molar-refractivity contribution >= 4 is 93.5 Å². The number of rotatable bonds is 7. The number of para-hydroxylation sites is 6. The van der Waals surface area contributed by atoms with Crippen molar-refractivity contribution < 1.29 is 8.83 Å². The summed E-state index contributed by atoms with van der Waals surface area (Å²) in [4.78, 5) is 2.38. The normalized spacial score (nSPS) is 11.8. The number of anilines is 3. The van der Waals surface area contributed by atoms with Gasteiger partial charge in [-0.15, -0.1) is 0 Å². The van der Waals surface area contributed by atoms with Crippen molar-refractivity contribution in [3.63, 3.8) is 0 Å². The van der Waals surface area contributed by atoms with Gasteiger partial charge in [-0.3, -0.25) is 0 Å². The van der Waals surface area contributed by atoms with Gasteiger partial charge < -0.3 is 18.3 Å². The van der Waals surface area contributed by atoms with Crippen molar-refractivity contribution in [3.05, 3.63) is 243 Å². The highest BCUT2D eigenvalue weighted by Crippen LogP contribution is 2.47. The molecule has 14 rings (SSSR count). The van der Waals surface area contributed by atoms with Crippen LogP contribution < -0.4 is 4.90 Å². The molecule has 0 fully saturated rings. The monoisotopic (exact) mass is 868 g/mol. The van der Waals surface area contributed by atoms with E-state index in [0.29, 0.717) is 0 Å². The van der Waals surface area contributed by atoms with Crippen molar-refractivity contribution in [3.8, 4) is 39.1 Å². The van der Waals surface area contributed by atoms with Crippen molar-refractivity contribution in [2.45, 2.75) is 0 Å². The predicted molar refractivity (Wildman–Crippen MR) is 284 cm³/mol. The predicted octanol–water partition coefficient (Wildman–Crippen LogP) is 18.2. The molecule has 4 heteroatoms. The van der Waals surface area contributed by atoms with Crippen molar-refractivity contribution in [2.75, 3.05) is 4.90 Å². The van der Waals surface area contributed by atoms with Crippen molar-refractivity contribution in [1.29, 1.82) is 0 Å². The topological polar surface area (TPSA) is 34.5 Å². The maximum atomic E-state index is 6.92. The molecule has 0 saturated heterocycles. The van der Waals surface area contributed by atoms with Gasteiger partial charge in [0.1, 0.15) is 22.3 Å². The second-order valence-corrected chi connectivity index (χ2v) is 17.6. The molecule has 0 atom stereocenters. The fourth-order valence-corrected chi connectivity index (χ4v) is 10.7. The Bertz CT molecular complexity index is 4210. The van der Waals surface area contributed by atoms with Gasteiger partial charge in [0, 0.05) is 66.1 Å². The number of nitrogens with zero attached hydrogens (tertiary/aromatic N) is 2. The molecule has 3 heterocycles. The fraction of sp³-hybridized carbons (Fsp3) is 0. The summed E-state index contributed by atoms with van der Waals surface area (Å²) in [7, 11) is 0. The molecule has 0 radical (unpaired) electrons. The first-order valence-electron chi connectivity index (χ1n) is 23.2. The van der Waals surface area contributed by atoms with Crippen LogP contribution in [0.5, 0.6) is 0 Å². The van der Waals surface area contributed by atoms with Crippen LogP contribution in [0.25, 0.3) is 116 Å². The summed E-state index contributed by atoms with van der Waals surface area (Å²) in [5, 5.41) is 9.26. The SMILES string of the molecule is c1ccc(-n2c3ccccc3c3ccccc32)c(-c2cc(N(c3ccc(-c4cccc5ccccc45)cc3)c3ccc(-c4cccc5c4oc4ccccc45)cc3)cc3c2oc2ccccc23)c1. The Labute approximate surface area is 391 Å². The van der Waals surface area contributed by atoms with Crippen LogP contribution in [0.4, 0.5) is 17.1 Å². The minimum Gasteiger partial charge on any atom is -0.455 e. The molecule has 0 spiro atoms. The van der Waals surface area contributed by atoms with Crippen LogP contribution in [0.15, 0.2) is 251 Å². The van der Waals surface area contributed by atoms with Gasteiger partial charge in [0.05, 0.1) is 16.7 Å². The molecule has 0 unspecified atom stereocenters. The van der Waals surface area contributed by atoms with Gasteiger partial charge in [0.15, 0.2) is 0 Å². The van der Waals surface area contributed by atoms with E-state index >= 15 is 0 Å². The molecule has 4 nitrogen and oxygen atoms in total. The maximum Gasteiger partial charge on any atom is 0.143 e. The van der Waals surface area contributed by atoms with E-state index in [0.717, 1.165) is 105 Å². The number of benzene rings is 11. The van der Waals surface area contributed by atoms with E-state index in [-0.39, 0.29) is 0 Å². The average Bonchev–Trinajstić information content (AvgIpc) is 4.09. The standard InChI is InChI=1S/C64H40N2O2/c1-2-17-47-41(15-1)16-13-23-48(47)42-31-35-44(36-32-42)65(45-37-33-43(34-38-45)49-24-14-25-55-53-21-6-11-29-61(53)67-63(49)55)46-39-56(64-57(40-46)54-22-7-12-30-62(54)68-64)52-20-5-10-28-60(52)66-58-26-8-3-18-50(58)51-19-4-9-27-59(51)66/h1-40H. The number of fused-ring (bicyclic) bond motifs is 10. The van der Waals surface area contributed by atoms with Gasteiger partial charge in [-0.1, -0.05) is 176 Å². The van der Waals surface area contributed by atoms with Crippen LogP contribution >= 0.6 is 0 Å². The summed E-state index contributed by atoms with van der Waals surface area (Å²) in [5.74, 6) is 0. The van der Waals surface area contributed by atoms with E-state index < -0.39 is 0 Å². The third-order valence-electron chi connectivity index (χ3n) is 13.8. The third-order valence-corrected chi connectivity index (χ3v) is 13.8. The van der Waals surface area contributed by atoms with Crippen LogP contribution in [-0.4, -0.2) is 4.57 Å². The Kier molecular flexibility index (Phi) is 8.55. The van der Waals surface area contributed by atoms with E-state index in [1.165, 1.54) is 27.1 Å². The lowest BCUT2D eigenvalue weighted by atomic mass is 9.97. The molecule has 318 valence electrons. The molecular formula is C64H40N2O2. The van der Waals surface area contributed by atoms with E-state index in [1.54, 1.807) is 0 Å². The number of hydrogen-bond donors (Lipinski definition) is 0. The summed E-state index contributed by atoms with van der Waals surface area (Å²) in [6, 6.07) is 87.0. The van der Waals surface area contributed by atoms with E-state index in [9.17, 15) is 0 Å². The highest BCUT2D eigenvalue weighted by molar-refractivity contribution is 6.14. The Balaban J connectivity index is 0.992. The average molecular weight is 869 g/mol. The van der Waals surface area contributed by atoms with Crippen LogP contribution in [0.2, 0.25) is 0 Å². The highest BCUT2D eigenvalue weighted by Gasteiger charge is 2.23. The van der Waals surface area contributed by atoms with Gasteiger partial charge >= 0.3 is 0 Å². The maximum absolute atomic E-state index is 6.92. The largest absolute Gasteiger partial charge is 0.455 e. The summed E-state index contributed by atoms with van der Waals surface area (Å²) in [6.07, 6.45) is 0. The fourth-order valence-electron chi connectivity index (χ4n) is 10.7. The molecule has 11 aromatic carbocycles. The summed E-state index contributed by atoms with van der Waals surface area (Å²) in [5.41, 5.74) is 16.6. The second kappa shape index (κ2) is 15.2. The van der Waals surface area contributed by atoms with E-state index in [1.807, 2.05) is 12.1 Å². The molecule has 0 bridgehead atoms. The number of aromatic nitrogens is 1. The van der Waals surface area contributed by atoms with Gasteiger partial charge in [0.25, 0.3) is 0 Å². The quantitative estimate of drug-likeness (QED) is 0.160. The zero-order valence-electron chi connectivity index (χ0n) is 36.8. The molecule has 0 amide bonds. The zero-order chi connectivity index (χ0) is 44.7. The zero-order valence-corrected chi connectivity index (χ0v) is 36.8. The summed E-state index contributed by atoms with van der Waals surface area (Å²) < 4.78 is 15.8. The lowest BCUT2D eigenvalue weighted by molar-refractivity contribution is 0.669. The minimum atomic E-state index is 0.851. The first kappa shape index (κ1) is 38.2. The lowest BCUT2D eigenvalue weighted by Gasteiger charge is -2.27. The van der Waals surface area contributed by atoms with Crippen LogP contribution in [0.3, 0.4) is 0 Å². The number of hydrogen-bond acceptors (Lipinski definition) is 3. The third kappa shape index (κ3) is 5.94. The van der Waals surface area contributed by atoms with Gasteiger partial charge in [-0.25, -0.2) is 0 Å². The molecule has 0 aliphatic carbocycles. The molecule has 0 aliphatic heterocycles. The molecule has 68 heavy (non-hydrogen) atoms. The van der Waals surface area contributed by atoms with E-state index in [4.69, 9.17) is 8.83 Å². The summed E-state index contributed by atoms with van der Waals surface area (Å²) >= 11 is 0. The minimum absolute atomic E-state index is 0.851. The first-order valence-corrected chi connectivity index (χ1v) is 23.2. The van der Waals surface area contributed by atoms with Crippen LogP contribution in [0.1, 0.15) is 0 Å². The summed E-state index contributed by atoms with van der Waals surface area (Å²) in [6.45, 7) is 0. The molecule has 14 aromatic rings. The highest BCUT2D eigenvalue weighted by atomic mass is 16.3. The van der Waals surface area contributed by atoms with Crippen LogP contribution in [-0.2, 0) is 0 Å². The molecule has 0 aliphatic rings. The first-order chi connectivity index (χ1) is 33.7. The molecule has 3 aromatic heterocycles. The van der Waals surface area contributed by atoms with Gasteiger partial charge in [-0.05, 0) is 94.2 Å². The Morgan fingerprint density at radius 2 is 0.765 bits per heavy atom. The Morgan fingerprint density at radius 1 is 0.294 bits per heavy atom. The smallest absolute Gasteiger partial charge is 0.143 e. The van der Waals surface area contributed by atoms with Crippen LogP contribution in [0, 0.1) is 0 Å². The van der Waals surface area contributed by atoms with Gasteiger partial charge in [0.2, 0.25) is 0 Å².